The molecule has 142 valence electrons. The van der Waals surface area contributed by atoms with Crippen LogP contribution in [0, 0.1) is 0 Å². The highest BCUT2D eigenvalue weighted by Crippen LogP contribution is 2.31. The lowest BCUT2D eigenvalue weighted by molar-refractivity contribution is 0.294. The van der Waals surface area contributed by atoms with E-state index < -0.39 is 10.2 Å². The summed E-state index contributed by atoms with van der Waals surface area (Å²) in [7, 11) is -3.92. The first-order valence-corrected chi connectivity index (χ1v) is 10.4. The molecular formula is C21H17ClN2O3S. The molecule has 0 radical (unpaired) electrons. The maximum absolute atomic E-state index is 12.9. The normalized spacial score (nSPS) is 14.9. The van der Waals surface area contributed by atoms with Crippen LogP contribution < -0.4 is 4.31 Å². The van der Waals surface area contributed by atoms with Crippen LogP contribution in [0.2, 0.25) is 5.02 Å². The summed E-state index contributed by atoms with van der Waals surface area (Å²) in [6.07, 6.45) is 0. The number of hydrogen-bond acceptors (Lipinski definition) is 3. The highest BCUT2D eigenvalue weighted by Gasteiger charge is 2.32. The Kier molecular flexibility index (Phi) is 5.07. The number of halogens is 1. The molecule has 5 nitrogen and oxygen atoms in total. The molecule has 0 saturated heterocycles. The largest absolute Gasteiger partial charge is 0.472 e. The Labute approximate surface area is 169 Å². The van der Waals surface area contributed by atoms with E-state index in [2.05, 4.69) is 4.40 Å². The van der Waals surface area contributed by atoms with Gasteiger partial charge in [-0.3, -0.25) is 0 Å². The molecule has 0 fully saturated rings. The van der Waals surface area contributed by atoms with E-state index in [1.807, 2.05) is 54.6 Å². The van der Waals surface area contributed by atoms with Crippen LogP contribution >= 0.6 is 11.6 Å². The van der Waals surface area contributed by atoms with E-state index >= 15 is 0 Å². The first kappa shape index (κ1) is 18.5. The summed E-state index contributed by atoms with van der Waals surface area (Å²) in [5, 5.41) is 0.628. The molecule has 0 amide bonds. The second-order valence-corrected chi connectivity index (χ2v) is 8.25. The number of benzene rings is 3. The maximum atomic E-state index is 12.9. The minimum atomic E-state index is -3.92. The van der Waals surface area contributed by atoms with Crippen LogP contribution in [0.3, 0.4) is 0 Å². The van der Waals surface area contributed by atoms with Crippen molar-refractivity contribution in [2.45, 2.75) is 13.2 Å². The van der Waals surface area contributed by atoms with Gasteiger partial charge < -0.3 is 4.74 Å². The maximum Gasteiger partial charge on any atom is 0.348 e. The SMILES string of the molecule is O=S1(=O)N=C(OCc2ccc(Cl)cc2)c2ccccc2N1Cc1ccccc1. The molecule has 0 bridgehead atoms. The highest BCUT2D eigenvalue weighted by atomic mass is 35.5. The zero-order chi connectivity index (χ0) is 19.6. The number of anilines is 1. The van der Waals surface area contributed by atoms with Gasteiger partial charge in [0.25, 0.3) is 0 Å². The minimum Gasteiger partial charge on any atom is -0.472 e. The standard InChI is InChI=1S/C21H17ClN2O3S/c22-18-12-10-17(11-13-18)15-27-21-19-8-4-5-9-20(19)24(28(25,26)23-21)14-16-6-2-1-3-7-16/h1-13H,14-15H2. The summed E-state index contributed by atoms with van der Waals surface area (Å²) in [6, 6.07) is 23.8. The Morgan fingerprint density at radius 1 is 0.857 bits per heavy atom. The molecule has 4 rings (SSSR count). The molecule has 0 aliphatic carbocycles. The summed E-state index contributed by atoms with van der Waals surface area (Å²) >= 11 is 5.90. The van der Waals surface area contributed by atoms with Gasteiger partial charge in [-0.1, -0.05) is 66.2 Å². The topological polar surface area (TPSA) is 59.0 Å². The third-order valence-corrected chi connectivity index (χ3v) is 5.87. The first-order valence-electron chi connectivity index (χ1n) is 8.66. The van der Waals surface area contributed by atoms with Gasteiger partial charge in [0.2, 0.25) is 5.90 Å². The van der Waals surface area contributed by atoms with Gasteiger partial charge in [-0.15, -0.1) is 4.40 Å². The summed E-state index contributed by atoms with van der Waals surface area (Å²) in [4.78, 5) is 0. The third kappa shape index (κ3) is 3.88. The molecule has 7 heteroatoms. The second-order valence-electron chi connectivity index (χ2n) is 6.30. The molecule has 0 aromatic heterocycles. The van der Waals surface area contributed by atoms with Crippen molar-refractivity contribution in [3.63, 3.8) is 0 Å². The van der Waals surface area contributed by atoms with Gasteiger partial charge in [0.05, 0.1) is 17.8 Å². The Bertz CT molecular complexity index is 1110. The zero-order valence-corrected chi connectivity index (χ0v) is 16.4. The Morgan fingerprint density at radius 3 is 2.29 bits per heavy atom. The van der Waals surface area contributed by atoms with Crippen molar-refractivity contribution in [2.75, 3.05) is 4.31 Å². The van der Waals surface area contributed by atoms with Gasteiger partial charge in [0.1, 0.15) is 6.61 Å². The fourth-order valence-corrected chi connectivity index (χ4v) is 4.26. The fourth-order valence-electron chi connectivity index (χ4n) is 2.95. The van der Waals surface area contributed by atoms with Crippen LogP contribution in [0.15, 0.2) is 83.3 Å². The molecular weight excluding hydrogens is 396 g/mol. The van der Waals surface area contributed by atoms with E-state index in [1.165, 1.54) is 4.31 Å². The molecule has 0 atom stereocenters. The molecule has 1 heterocycles. The number of nitrogens with zero attached hydrogens (tertiary/aromatic N) is 2. The summed E-state index contributed by atoms with van der Waals surface area (Å²) in [6.45, 7) is 0.396. The Balaban J connectivity index is 1.65. The molecule has 28 heavy (non-hydrogen) atoms. The van der Waals surface area contributed by atoms with Crippen molar-refractivity contribution in [1.29, 1.82) is 0 Å². The average molecular weight is 413 g/mol. The monoisotopic (exact) mass is 412 g/mol. The van der Waals surface area contributed by atoms with Crippen molar-refractivity contribution in [2.24, 2.45) is 4.40 Å². The van der Waals surface area contributed by atoms with Crippen molar-refractivity contribution in [3.05, 3.63) is 101 Å². The van der Waals surface area contributed by atoms with Crippen LogP contribution in [0.5, 0.6) is 0 Å². The minimum absolute atomic E-state index is 0.0925. The van der Waals surface area contributed by atoms with Gasteiger partial charge in [-0.05, 0) is 35.4 Å². The van der Waals surface area contributed by atoms with E-state index in [4.69, 9.17) is 16.3 Å². The summed E-state index contributed by atoms with van der Waals surface area (Å²) in [5.41, 5.74) is 2.94. The van der Waals surface area contributed by atoms with Gasteiger partial charge in [0, 0.05) is 5.02 Å². The van der Waals surface area contributed by atoms with Crippen molar-refractivity contribution < 1.29 is 13.2 Å². The molecule has 1 aliphatic rings. The zero-order valence-electron chi connectivity index (χ0n) is 14.8. The summed E-state index contributed by atoms with van der Waals surface area (Å²) in [5.74, 6) is 0.0925. The number of hydrogen-bond donors (Lipinski definition) is 0. The van der Waals surface area contributed by atoms with Crippen molar-refractivity contribution >= 4 is 33.4 Å². The Hall–Kier alpha value is -2.83. The van der Waals surface area contributed by atoms with E-state index in [9.17, 15) is 8.42 Å². The van der Waals surface area contributed by atoms with Crippen molar-refractivity contribution in [1.82, 2.24) is 0 Å². The van der Waals surface area contributed by atoms with Crippen LogP contribution in [-0.2, 0) is 28.1 Å². The molecule has 0 spiro atoms. The number of ether oxygens (including phenoxy) is 1. The average Bonchev–Trinajstić information content (AvgIpc) is 2.71. The van der Waals surface area contributed by atoms with Gasteiger partial charge in [0.15, 0.2) is 0 Å². The Morgan fingerprint density at radius 2 is 1.54 bits per heavy atom. The van der Waals surface area contributed by atoms with Crippen LogP contribution in [0.4, 0.5) is 5.69 Å². The first-order chi connectivity index (χ1) is 13.5. The lowest BCUT2D eigenvalue weighted by Gasteiger charge is -2.28. The number of fused-ring (bicyclic) bond motifs is 1. The predicted octanol–water partition coefficient (Wildman–Crippen LogP) is 4.57. The lowest BCUT2D eigenvalue weighted by atomic mass is 10.1. The van der Waals surface area contributed by atoms with Crippen molar-refractivity contribution in [3.8, 4) is 0 Å². The fraction of sp³-hybridized carbons (Fsp3) is 0.0952. The number of para-hydroxylation sites is 1. The van der Waals surface area contributed by atoms with E-state index in [0.29, 0.717) is 16.3 Å². The predicted molar refractivity (Wildman–Crippen MR) is 111 cm³/mol. The quantitative estimate of drug-likeness (QED) is 0.630. The van der Waals surface area contributed by atoms with Gasteiger partial charge in [-0.25, -0.2) is 4.31 Å². The van der Waals surface area contributed by atoms with Gasteiger partial charge >= 0.3 is 10.2 Å². The highest BCUT2D eigenvalue weighted by molar-refractivity contribution is 7.91. The smallest absolute Gasteiger partial charge is 0.348 e. The molecule has 0 unspecified atom stereocenters. The van der Waals surface area contributed by atoms with E-state index in [0.717, 1.165) is 11.1 Å². The molecule has 3 aromatic rings. The summed E-state index contributed by atoms with van der Waals surface area (Å²) < 4.78 is 36.7. The van der Waals surface area contributed by atoms with E-state index in [1.54, 1.807) is 24.3 Å². The molecule has 1 aliphatic heterocycles. The molecule has 3 aromatic carbocycles. The van der Waals surface area contributed by atoms with Crippen LogP contribution in [0.25, 0.3) is 0 Å². The molecule has 0 N–H and O–H groups in total. The second kappa shape index (κ2) is 7.66. The van der Waals surface area contributed by atoms with Crippen LogP contribution in [0.1, 0.15) is 16.7 Å². The third-order valence-electron chi connectivity index (χ3n) is 4.34. The lowest BCUT2D eigenvalue weighted by Crippen LogP contribution is -2.35. The van der Waals surface area contributed by atoms with Gasteiger partial charge in [-0.2, -0.15) is 8.42 Å². The van der Waals surface area contributed by atoms with Crippen LogP contribution in [-0.4, -0.2) is 14.3 Å². The number of rotatable bonds is 4. The molecule has 0 saturated carbocycles. The van der Waals surface area contributed by atoms with E-state index in [-0.39, 0.29) is 19.0 Å².